The van der Waals surface area contributed by atoms with E-state index >= 15 is 0 Å². The van der Waals surface area contributed by atoms with Crippen molar-refractivity contribution < 1.29 is 51.2 Å². The van der Waals surface area contributed by atoms with Crippen molar-refractivity contribution in [2.75, 3.05) is 13.9 Å². The second kappa shape index (κ2) is 17.5. The van der Waals surface area contributed by atoms with Gasteiger partial charge in [-0.3, -0.25) is 9.59 Å². The van der Waals surface area contributed by atoms with E-state index in [1.807, 2.05) is 25.1 Å². The zero-order valence-corrected chi connectivity index (χ0v) is 27.7. The SMILES string of the molecule is COc1ccnc(C(=O)N[C@H]2CCC[C@H](CCCc3ccccc3)[C@@H](Cc3ccc(OC(F)(F)F)cc3)[C@H](C)OC2=O)c1OCOC(C)=O. The molecule has 1 aliphatic rings. The fraction of sp³-hybridized carbons (Fsp3) is 0.444. The van der Waals surface area contributed by atoms with E-state index in [1.165, 1.54) is 44.0 Å². The van der Waals surface area contributed by atoms with Gasteiger partial charge in [-0.2, -0.15) is 0 Å². The molecule has 0 saturated carbocycles. The lowest BCUT2D eigenvalue weighted by Gasteiger charge is -2.31. The number of carbonyl (C=O) groups is 3. The van der Waals surface area contributed by atoms with Gasteiger partial charge in [0.15, 0.2) is 17.2 Å². The van der Waals surface area contributed by atoms with Crippen LogP contribution in [0.3, 0.4) is 0 Å². The number of amides is 1. The van der Waals surface area contributed by atoms with Gasteiger partial charge >= 0.3 is 18.3 Å². The summed E-state index contributed by atoms with van der Waals surface area (Å²) in [5.41, 5.74) is 1.83. The Kier molecular flexibility index (Phi) is 13.3. The number of ether oxygens (including phenoxy) is 5. The quantitative estimate of drug-likeness (QED) is 0.157. The lowest BCUT2D eigenvalue weighted by Crippen LogP contribution is -2.43. The molecule has 13 heteroatoms. The monoisotopic (exact) mass is 686 g/mol. The van der Waals surface area contributed by atoms with E-state index in [-0.39, 0.29) is 34.8 Å². The number of cyclic esters (lactones) is 1. The van der Waals surface area contributed by atoms with E-state index in [0.717, 1.165) is 31.2 Å². The minimum absolute atomic E-state index is 0.0567. The number of methoxy groups -OCH3 is 1. The number of hydrogen-bond donors (Lipinski definition) is 1. The predicted octanol–water partition coefficient (Wildman–Crippen LogP) is 6.60. The van der Waals surface area contributed by atoms with Gasteiger partial charge in [0.25, 0.3) is 5.91 Å². The molecule has 49 heavy (non-hydrogen) atoms. The Morgan fingerprint density at radius 3 is 2.43 bits per heavy atom. The molecule has 0 bridgehead atoms. The lowest BCUT2D eigenvalue weighted by molar-refractivity contribution is -0.274. The highest BCUT2D eigenvalue weighted by atomic mass is 19.4. The predicted molar refractivity (Wildman–Crippen MR) is 172 cm³/mol. The summed E-state index contributed by atoms with van der Waals surface area (Å²) in [5, 5.41) is 2.74. The molecule has 1 saturated heterocycles. The number of benzene rings is 2. The zero-order chi connectivity index (χ0) is 35.4. The molecule has 0 spiro atoms. The smallest absolute Gasteiger partial charge is 0.493 e. The van der Waals surface area contributed by atoms with Gasteiger partial charge in [-0.1, -0.05) is 48.9 Å². The van der Waals surface area contributed by atoms with Crippen molar-refractivity contribution in [3.8, 4) is 17.2 Å². The number of nitrogens with zero attached hydrogens (tertiary/aromatic N) is 1. The van der Waals surface area contributed by atoms with Crippen molar-refractivity contribution in [2.45, 2.75) is 77.3 Å². The van der Waals surface area contributed by atoms with Crippen molar-refractivity contribution in [3.05, 3.63) is 83.7 Å². The average Bonchev–Trinajstić information content (AvgIpc) is 3.10. The number of carbonyl (C=O) groups excluding carboxylic acids is 3. The topological polar surface area (TPSA) is 122 Å². The normalized spacial score (nSPS) is 19.8. The second-order valence-corrected chi connectivity index (χ2v) is 11.9. The van der Waals surface area contributed by atoms with Crippen LogP contribution in [0.2, 0.25) is 0 Å². The number of esters is 2. The number of aryl methyl sites for hydroxylation is 1. The summed E-state index contributed by atoms with van der Waals surface area (Å²) in [6.45, 7) is 2.54. The maximum absolute atomic E-state index is 13.5. The first kappa shape index (κ1) is 37.0. The average molecular weight is 687 g/mol. The molecular formula is C36H41F3N2O8. The van der Waals surface area contributed by atoms with Gasteiger partial charge in [-0.05, 0) is 74.6 Å². The summed E-state index contributed by atoms with van der Waals surface area (Å²) in [5.74, 6) is -2.12. The standard InChI is InChI=1S/C36H41F3N2O8/c1-23-29(21-26-15-17-28(18-16-26)49-36(37,38)39)27(12-7-11-25-9-5-4-6-10-25)13-8-14-30(35(44)48-23)41-34(43)32-33(47-22-46-24(2)42)31(45-3)19-20-40-32/h4-6,9-10,15-20,23,27,29-30H,7-8,11-14,21-22H2,1-3H3,(H,41,43)/t23-,27-,29-,30-/m0/s1. The number of nitrogens with one attached hydrogen (secondary N) is 1. The van der Waals surface area contributed by atoms with E-state index in [4.69, 9.17) is 18.9 Å². The van der Waals surface area contributed by atoms with E-state index in [2.05, 4.69) is 27.2 Å². The van der Waals surface area contributed by atoms with Crippen LogP contribution in [-0.2, 0) is 31.9 Å². The van der Waals surface area contributed by atoms with Crippen LogP contribution in [0.5, 0.6) is 17.2 Å². The van der Waals surface area contributed by atoms with Crippen LogP contribution in [0.4, 0.5) is 13.2 Å². The third kappa shape index (κ3) is 11.4. The Hall–Kier alpha value is -4.81. The van der Waals surface area contributed by atoms with Crippen molar-refractivity contribution in [2.24, 2.45) is 11.8 Å². The van der Waals surface area contributed by atoms with Crippen LogP contribution in [-0.4, -0.2) is 55.2 Å². The number of alkyl halides is 3. The van der Waals surface area contributed by atoms with Gasteiger partial charge in [0.1, 0.15) is 17.9 Å². The molecule has 2 heterocycles. The summed E-state index contributed by atoms with van der Waals surface area (Å²) >= 11 is 0. The first-order chi connectivity index (χ1) is 23.4. The summed E-state index contributed by atoms with van der Waals surface area (Å²) in [6, 6.07) is 16.3. The molecule has 1 fully saturated rings. The Bertz CT molecular complexity index is 1540. The zero-order valence-electron chi connectivity index (χ0n) is 27.7. The Balaban J connectivity index is 1.51. The molecule has 10 nitrogen and oxygen atoms in total. The Labute approximate surface area is 283 Å². The molecule has 4 atom stereocenters. The molecular weight excluding hydrogens is 645 g/mol. The van der Waals surface area contributed by atoms with E-state index < -0.39 is 43.1 Å². The first-order valence-electron chi connectivity index (χ1n) is 16.1. The van der Waals surface area contributed by atoms with Crippen LogP contribution in [0.25, 0.3) is 0 Å². The molecule has 1 aliphatic heterocycles. The minimum Gasteiger partial charge on any atom is -0.493 e. The summed E-state index contributed by atoms with van der Waals surface area (Å²) in [6.07, 6.45) is 0.676. The largest absolute Gasteiger partial charge is 0.573 e. The highest BCUT2D eigenvalue weighted by Crippen LogP contribution is 2.35. The molecule has 0 aliphatic carbocycles. The highest BCUT2D eigenvalue weighted by Gasteiger charge is 2.35. The first-order valence-corrected chi connectivity index (χ1v) is 16.1. The van der Waals surface area contributed by atoms with Gasteiger partial charge in [-0.15, -0.1) is 13.2 Å². The summed E-state index contributed by atoms with van der Waals surface area (Å²) in [7, 11) is 1.38. The van der Waals surface area contributed by atoms with Gasteiger partial charge in [0.2, 0.25) is 6.79 Å². The maximum atomic E-state index is 13.5. The van der Waals surface area contributed by atoms with Crippen LogP contribution < -0.4 is 19.5 Å². The fourth-order valence-corrected chi connectivity index (χ4v) is 6.08. The molecule has 1 amide bonds. The molecule has 0 radical (unpaired) electrons. The number of aromatic nitrogens is 1. The Morgan fingerprint density at radius 1 is 1.02 bits per heavy atom. The molecule has 0 unspecified atom stereocenters. The fourth-order valence-electron chi connectivity index (χ4n) is 6.08. The molecule has 2 aromatic carbocycles. The summed E-state index contributed by atoms with van der Waals surface area (Å²) in [4.78, 5) is 42.4. The van der Waals surface area contributed by atoms with Crippen molar-refractivity contribution in [1.29, 1.82) is 0 Å². The van der Waals surface area contributed by atoms with Gasteiger partial charge < -0.3 is 29.0 Å². The van der Waals surface area contributed by atoms with Crippen molar-refractivity contribution in [3.63, 3.8) is 0 Å². The van der Waals surface area contributed by atoms with Gasteiger partial charge in [0.05, 0.1) is 7.11 Å². The van der Waals surface area contributed by atoms with Crippen LogP contribution in [0.1, 0.15) is 67.6 Å². The number of pyridine rings is 1. The van der Waals surface area contributed by atoms with E-state index in [1.54, 1.807) is 12.1 Å². The number of halogens is 3. The molecule has 264 valence electrons. The van der Waals surface area contributed by atoms with Crippen LogP contribution >= 0.6 is 0 Å². The van der Waals surface area contributed by atoms with Crippen LogP contribution in [0, 0.1) is 11.8 Å². The van der Waals surface area contributed by atoms with Crippen molar-refractivity contribution in [1.82, 2.24) is 10.3 Å². The molecule has 1 N–H and O–H groups in total. The maximum Gasteiger partial charge on any atom is 0.573 e. The molecule has 1 aromatic heterocycles. The van der Waals surface area contributed by atoms with E-state index in [0.29, 0.717) is 19.3 Å². The van der Waals surface area contributed by atoms with Crippen LogP contribution in [0.15, 0.2) is 66.9 Å². The van der Waals surface area contributed by atoms with Crippen molar-refractivity contribution >= 4 is 17.8 Å². The third-order valence-corrected chi connectivity index (χ3v) is 8.45. The Morgan fingerprint density at radius 2 is 1.76 bits per heavy atom. The number of hydrogen-bond acceptors (Lipinski definition) is 9. The second-order valence-electron chi connectivity index (χ2n) is 11.9. The highest BCUT2D eigenvalue weighted by molar-refractivity contribution is 5.98. The molecule has 4 rings (SSSR count). The lowest BCUT2D eigenvalue weighted by atomic mass is 9.77. The van der Waals surface area contributed by atoms with E-state index in [9.17, 15) is 27.6 Å². The van der Waals surface area contributed by atoms with Gasteiger partial charge in [-0.25, -0.2) is 9.78 Å². The summed E-state index contributed by atoms with van der Waals surface area (Å²) < 4.78 is 63.8. The minimum atomic E-state index is -4.79. The number of rotatable bonds is 13. The third-order valence-electron chi connectivity index (χ3n) is 8.45. The van der Waals surface area contributed by atoms with Gasteiger partial charge in [0, 0.05) is 25.1 Å². The molecule has 3 aromatic rings.